The Labute approximate surface area is 126 Å². The highest BCUT2D eigenvalue weighted by molar-refractivity contribution is 5.92. The minimum atomic E-state index is 0.0361. The summed E-state index contributed by atoms with van der Waals surface area (Å²) in [5.74, 6) is 0.864. The van der Waals surface area contributed by atoms with E-state index in [1.807, 2.05) is 42.3 Å². The zero-order valence-electron chi connectivity index (χ0n) is 12.8. The van der Waals surface area contributed by atoms with E-state index in [1.54, 1.807) is 6.08 Å². The second kappa shape index (κ2) is 7.84. The van der Waals surface area contributed by atoms with Gasteiger partial charge in [0.05, 0.1) is 6.61 Å². The molecule has 1 aromatic rings. The molecule has 0 saturated carbocycles. The van der Waals surface area contributed by atoms with E-state index in [9.17, 15) is 4.79 Å². The number of rotatable bonds is 6. The van der Waals surface area contributed by atoms with Crippen LogP contribution in [0.1, 0.15) is 25.3 Å². The number of ether oxygens (including phenoxy) is 1. The van der Waals surface area contributed by atoms with Crippen molar-refractivity contribution in [2.75, 3.05) is 26.7 Å². The van der Waals surface area contributed by atoms with Gasteiger partial charge in [0, 0.05) is 31.3 Å². The molecule has 4 heteroatoms. The molecule has 0 aromatic heterocycles. The summed E-state index contributed by atoms with van der Waals surface area (Å²) in [5, 5.41) is 3.28. The molecule has 1 aliphatic heterocycles. The Morgan fingerprint density at radius 1 is 1.48 bits per heavy atom. The molecule has 1 aromatic carbocycles. The molecule has 1 aliphatic rings. The Morgan fingerprint density at radius 2 is 2.29 bits per heavy atom. The van der Waals surface area contributed by atoms with Gasteiger partial charge in [-0.1, -0.05) is 25.1 Å². The van der Waals surface area contributed by atoms with Gasteiger partial charge in [-0.25, -0.2) is 0 Å². The van der Waals surface area contributed by atoms with E-state index in [0.717, 1.165) is 37.2 Å². The number of hydrogen-bond donors (Lipinski definition) is 1. The van der Waals surface area contributed by atoms with Crippen LogP contribution in [0.4, 0.5) is 0 Å². The van der Waals surface area contributed by atoms with Crippen molar-refractivity contribution >= 4 is 12.0 Å². The van der Waals surface area contributed by atoms with Crippen LogP contribution in [0, 0.1) is 0 Å². The van der Waals surface area contributed by atoms with Crippen LogP contribution in [0.5, 0.6) is 5.75 Å². The van der Waals surface area contributed by atoms with E-state index in [0.29, 0.717) is 12.6 Å². The summed E-state index contributed by atoms with van der Waals surface area (Å²) in [6.45, 7) is 4.63. The summed E-state index contributed by atoms with van der Waals surface area (Å²) in [4.78, 5) is 14.0. The minimum absolute atomic E-state index is 0.0361. The van der Waals surface area contributed by atoms with Gasteiger partial charge in [0.1, 0.15) is 5.75 Å². The fourth-order valence-corrected chi connectivity index (χ4v) is 2.39. The first-order valence-electron chi connectivity index (χ1n) is 7.59. The third-order valence-corrected chi connectivity index (χ3v) is 3.72. The van der Waals surface area contributed by atoms with Gasteiger partial charge in [-0.15, -0.1) is 0 Å². The molecule has 1 saturated heterocycles. The molecular formula is C17H24N2O2. The van der Waals surface area contributed by atoms with Gasteiger partial charge in [-0.05, 0) is 31.5 Å². The Kier molecular flexibility index (Phi) is 5.81. The van der Waals surface area contributed by atoms with Crippen LogP contribution in [0.3, 0.4) is 0 Å². The molecule has 114 valence electrons. The molecule has 2 rings (SSSR count). The van der Waals surface area contributed by atoms with Crippen LogP contribution in [-0.4, -0.2) is 43.6 Å². The monoisotopic (exact) mass is 288 g/mol. The Morgan fingerprint density at radius 3 is 3.00 bits per heavy atom. The fraction of sp³-hybridized carbons (Fsp3) is 0.471. The number of amides is 1. The van der Waals surface area contributed by atoms with E-state index >= 15 is 0 Å². The Hall–Kier alpha value is -1.81. The maximum atomic E-state index is 12.2. The molecule has 1 atom stereocenters. The lowest BCUT2D eigenvalue weighted by Gasteiger charge is -2.22. The highest BCUT2D eigenvalue weighted by Gasteiger charge is 2.21. The normalized spacial score (nSPS) is 18.1. The first-order chi connectivity index (χ1) is 10.2. The maximum Gasteiger partial charge on any atom is 0.246 e. The molecule has 21 heavy (non-hydrogen) atoms. The zero-order chi connectivity index (χ0) is 15.1. The lowest BCUT2D eigenvalue weighted by Crippen LogP contribution is -2.37. The summed E-state index contributed by atoms with van der Waals surface area (Å²) in [6, 6.07) is 8.10. The van der Waals surface area contributed by atoms with Gasteiger partial charge in [0.2, 0.25) is 5.91 Å². The van der Waals surface area contributed by atoms with E-state index in [-0.39, 0.29) is 5.91 Å². The van der Waals surface area contributed by atoms with Gasteiger partial charge >= 0.3 is 0 Å². The molecule has 0 spiro atoms. The van der Waals surface area contributed by atoms with Crippen LogP contribution in [0.15, 0.2) is 30.3 Å². The van der Waals surface area contributed by atoms with Crippen molar-refractivity contribution in [1.82, 2.24) is 10.2 Å². The van der Waals surface area contributed by atoms with E-state index in [2.05, 4.69) is 12.2 Å². The molecule has 1 unspecified atom stereocenters. The van der Waals surface area contributed by atoms with Gasteiger partial charge < -0.3 is 15.0 Å². The molecule has 0 aliphatic carbocycles. The average molecular weight is 288 g/mol. The predicted molar refractivity (Wildman–Crippen MR) is 85.3 cm³/mol. The van der Waals surface area contributed by atoms with Crippen LogP contribution in [0.25, 0.3) is 6.08 Å². The van der Waals surface area contributed by atoms with E-state index in [4.69, 9.17) is 4.74 Å². The van der Waals surface area contributed by atoms with E-state index in [1.165, 1.54) is 0 Å². The second-order valence-corrected chi connectivity index (χ2v) is 5.32. The first-order valence-corrected chi connectivity index (χ1v) is 7.59. The minimum Gasteiger partial charge on any atom is -0.493 e. The van der Waals surface area contributed by atoms with Gasteiger partial charge in [-0.3, -0.25) is 4.79 Å². The van der Waals surface area contributed by atoms with Crippen molar-refractivity contribution < 1.29 is 9.53 Å². The lowest BCUT2D eigenvalue weighted by molar-refractivity contribution is -0.126. The number of nitrogens with one attached hydrogen (secondary N) is 1. The quantitative estimate of drug-likeness (QED) is 0.817. The van der Waals surface area contributed by atoms with Crippen LogP contribution in [0.2, 0.25) is 0 Å². The molecule has 4 nitrogen and oxygen atoms in total. The second-order valence-electron chi connectivity index (χ2n) is 5.32. The maximum absolute atomic E-state index is 12.2. The topological polar surface area (TPSA) is 41.6 Å². The highest BCUT2D eigenvalue weighted by atomic mass is 16.5. The van der Waals surface area contributed by atoms with E-state index < -0.39 is 0 Å². The number of hydrogen-bond acceptors (Lipinski definition) is 3. The SMILES string of the molecule is CCCOc1ccccc1/C=C/C(=O)N(C)C1CCNC1. The molecule has 0 bridgehead atoms. The van der Waals surface area contributed by atoms with Crippen molar-refractivity contribution in [3.05, 3.63) is 35.9 Å². The van der Waals surface area contributed by atoms with Crippen molar-refractivity contribution in [3.63, 3.8) is 0 Å². The number of benzene rings is 1. The van der Waals surface area contributed by atoms with Crippen molar-refractivity contribution in [2.45, 2.75) is 25.8 Å². The number of para-hydroxylation sites is 1. The fourth-order valence-electron chi connectivity index (χ4n) is 2.39. The van der Waals surface area contributed by atoms with Crippen molar-refractivity contribution in [1.29, 1.82) is 0 Å². The van der Waals surface area contributed by atoms with Gasteiger partial charge in [-0.2, -0.15) is 0 Å². The van der Waals surface area contributed by atoms with Crippen LogP contribution < -0.4 is 10.1 Å². The molecule has 1 fully saturated rings. The standard InChI is InChI=1S/C17H24N2O2/c1-3-12-21-16-7-5-4-6-14(16)8-9-17(20)19(2)15-10-11-18-13-15/h4-9,15,18H,3,10-13H2,1-2H3/b9-8+. The zero-order valence-corrected chi connectivity index (χ0v) is 12.8. The highest BCUT2D eigenvalue weighted by Crippen LogP contribution is 2.20. The largest absolute Gasteiger partial charge is 0.493 e. The molecule has 0 radical (unpaired) electrons. The van der Waals surface area contributed by atoms with Crippen LogP contribution >= 0.6 is 0 Å². The summed E-state index contributed by atoms with van der Waals surface area (Å²) in [6.07, 6.45) is 5.46. The molecular weight excluding hydrogens is 264 g/mol. The van der Waals surface area contributed by atoms with Gasteiger partial charge in [0.25, 0.3) is 0 Å². The molecule has 1 amide bonds. The van der Waals surface area contributed by atoms with Crippen molar-refractivity contribution in [3.8, 4) is 5.75 Å². The van der Waals surface area contributed by atoms with Gasteiger partial charge in [0.15, 0.2) is 0 Å². The third kappa shape index (κ3) is 4.33. The summed E-state index contributed by atoms with van der Waals surface area (Å²) in [7, 11) is 1.86. The smallest absolute Gasteiger partial charge is 0.246 e. The van der Waals surface area contributed by atoms with Crippen molar-refractivity contribution in [2.24, 2.45) is 0 Å². The summed E-state index contributed by atoms with van der Waals surface area (Å²) in [5.41, 5.74) is 0.942. The lowest BCUT2D eigenvalue weighted by atomic mass is 10.1. The predicted octanol–water partition coefficient (Wildman–Crippen LogP) is 2.31. The average Bonchev–Trinajstić information content (AvgIpc) is 3.05. The number of likely N-dealkylation sites (N-methyl/N-ethyl adjacent to an activating group) is 1. The number of nitrogens with zero attached hydrogens (tertiary/aromatic N) is 1. The molecule has 1 heterocycles. The number of carbonyl (C=O) groups is 1. The number of carbonyl (C=O) groups excluding carboxylic acids is 1. The van der Waals surface area contributed by atoms with Crippen LogP contribution in [-0.2, 0) is 4.79 Å². The first kappa shape index (κ1) is 15.6. The summed E-state index contributed by atoms with van der Waals surface area (Å²) < 4.78 is 5.69. The Bertz CT molecular complexity index is 493. The Balaban J connectivity index is 2.01. The summed E-state index contributed by atoms with van der Waals surface area (Å²) >= 11 is 0. The third-order valence-electron chi connectivity index (χ3n) is 3.72. The molecule has 1 N–H and O–H groups in total.